The third-order valence-electron chi connectivity index (χ3n) is 3.54. The zero-order chi connectivity index (χ0) is 13.3. The number of hydrogen-bond donors (Lipinski definition) is 4. The summed E-state index contributed by atoms with van der Waals surface area (Å²) in [5.41, 5.74) is 1.65. The normalized spacial score (nSPS) is 25.4. The van der Waals surface area contributed by atoms with Crippen LogP contribution >= 0.6 is 0 Å². The van der Waals surface area contributed by atoms with Crippen molar-refractivity contribution in [3.63, 3.8) is 0 Å². The van der Waals surface area contributed by atoms with Gasteiger partial charge in [-0.15, -0.1) is 0 Å². The number of phenols is 1. The van der Waals surface area contributed by atoms with Crippen LogP contribution in [0.4, 0.5) is 5.69 Å². The lowest BCUT2D eigenvalue weighted by Crippen LogP contribution is -2.22. The quantitative estimate of drug-likeness (QED) is 0.619. The van der Waals surface area contributed by atoms with Crippen LogP contribution in [0, 0.1) is 0 Å². The molecule has 1 heterocycles. The molecule has 3 atom stereocenters. The first-order valence-corrected chi connectivity index (χ1v) is 6.14. The topological polar surface area (TPSA) is 76.0 Å². The van der Waals surface area contributed by atoms with E-state index in [-0.39, 0.29) is 11.8 Å². The van der Waals surface area contributed by atoms with Crippen LogP contribution in [0.2, 0.25) is 0 Å². The number of aliphatic hydroxyl groups is 2. The van der Waals surface area contributed by atoms with Gasteiger partial charge in [0.05, 0.1) is 12.2 Å². The Kier molecular flexibility index (Phi) is 3.75. The highest BCUT2D eigenvalue weighted by Crippen LogP contribution is 2.30. The van der Waals surface area contributed by atoms with E-state index >= 15 is 0 Å². The van der Waals surface area contributed by atoms with Gasteiger partial charge in [-0.2, -0.15) is 0 Å². The molecule has 1 aromatic carbocycles. The first kappa shape index (κ1) is 13.1. The molecule has 0 radical (unpaired) electrons. The van der Waals surface area contributed by atoms with Crippen LogP contribution in [-0.2, 0) is 0 Å². The Bertz CT molecular complexity index is 415. The van der Waals surface area contributed by atoms with Gasteiger partial charge in [-0.3, -0.25) is 0 Å². The highest BCUT2D eigenvalue weighted by atomic mass is 16.3. The van der Waals surface area contributed by atoms with Gasteiger partial charge in [0, 0.05) is 36.4 Å². The summed E-state index contributed by atoms with van der Waals surface area (Å²) in [6.07, 6.45) is -1.44. The van der Waals surface area contributed by atoms with Gasteiger partial charge in [-0.25, -0.2) is 0 Å². The third-order valence-corrected chi connectivity index (χ3v) is 3.54. The van der Waals surface area contributed by atoms with Gasteiger partial charge in [0.1, 0.15) is 5.75 Å². The number of nitrogens with one attached hydrogen (secondary N) is 1. The average Bonchev–Trinajstić information content (AvgIpc) is 2.68. The van der Waals surface area contributed by atoms with E-state index in [1.54, 1.807) is 6.07 Å². The molecule has 0 aliphatic carbocycles. The van der Waals surface area contributed by atoms with E-state index in [0.717, 1.165) is 11.3 Å². The average molecular weight is 252 g/mol. The molecule has 5 heteroatoms. The number of β-amino-alcohol motifs (C(OH)–C–C–N with tert-alkyl or cyclic N) is 2. The van der Waals surface area contributed by atoms with Crippen LogP contribution < -0.4 is 10.2 Å². The molecule has 100 valence electrons. The lowest BCUT2D eigenvalue weighted by molar-refractivity contribution is 0.0572. The molecule has 2 rings (SSSR count). The number of aromatic hydroxyl groups is 1. The third kappa shape index (κ3) is 2.43. The fourth-order valence-corrected chi connectivity index (χ4v) is 2.23. The fraction of sp³-hybridized carbons (Fsp3) is 0.538. The molecule has 0 saturated carbocycles. The second-order valence-corrected chi connectivity index (χ2v) is 4.79. The van der Waals surface area contributed by atoms with Gasteiger partial charge in [0.15, 0.2) is 0 Å². The van der Waals surface area contributed by atoms with Crippen LogP contribution in [0.1, 0.15) is 18.5 Å². The van der Waals surface area contributed by atoms with Crippen molar-refractivity contribution >= 4 is 5.69 Å². The van der Waals surface area contributed by atoms with Crippen LogP contribution in [0.5, 0.6) is 5.75 Å². The van der Waals surface area contributed by atoms with Crippen molar-refractivity contribution in [2.24, 2.45) is 0 Å². The highest BCUT2D eigenvalue weighted by Gasteiger charge is 2.29. The number of anilines is 1. The van der Waals surface area contributed by atoms with Gasteiger partial charge >= 0.3 is 0 Å². The number of nitrogens with zero attached hydrogens (tertiary/aromatic N) is 1. The molecule has 1 fully saturated rings. The standard InChI is InChI=1S/C13H20N2O3/c1-8(14-2)10-4-3-9(5-11(10)16)15-6-12(17)13(18)7-15/h3-5,8,12-14,16-18H,6-7H2,1-2H3. The Morgan fingerprint density at radius 2 is 1.89 bits per heavy atom. The minimum atomic E-state index is -0.719. The number of hydrogen-bond acceptors (Lipinski definition) is 5. The first-order valence-electron chi connectivity index (χ1n) is 6.14. The minimum Gasteiger partial charge on any atom is -0.508 e. The van der Waals surface area contributed by atoms with Crippen LogP contribution in [0.15, 0.2) is 18.2 Å². The molecular weight excluding hydrogens is 232 g/mol. The van der Waals surface area contributed by atoms with E-state index < -0.39 is 12.2 Å². The maximum atomic E-state index is 9.99. The molecule has 0 bridgehead atoms. The molecule has 3 unspecified atom stereocenters. The van der Waals surface area contributed by atoms with E-state index in [4.69, 9.17) is 0 Å². The molecule has 0 aromatic heterocycles. The lowest BCUT2D eigenvalue weighted by Gasteiger charge is -2.20. The zero-order valence-electron chi connectivity index (χ0n) is 10.7. The van der Waals surface area contributed by atoms with E-state index in [1.807, 2.05) is 31.0 Å². The molecule has 1 saturated heterocycles. The molecule has 1 aromatic rings. The van der Waals surface area contributed by atoms with E-state index in [0.29, 0.717) is 13.1 Å². The Morgan fingerprint density at radius 1 is 1.28 bits per heavy atom. The predicted octanol–water partition coefficient (Wildman–Crippen LogP) is 0.214. The Labute approximate surface area is 107 Å². The Hall–Kier alpha value is -1.30. The van der Waals surface area contributed by atoms with Gasteiger partial charge in [0.2, 0.25) is 0 Å². The summed E-state index contributed by atoms with van der Waals surface area (Å²) >= 11 is 0. The summed E-state index contributed by atoms with van der Waals surface area (Å²) in [4.78, 5) is 1.86. The Balaban J connectivity index is 2.19. The van der Waals surface area contributed by atoms with Crippen molar-refractivity contribution in [3.8, 4) is 5.75 Å². The molecule has 1 aliphatic rings. The van der Waals surface area contributed by atoms with Crippen molar-refractivity contribution in [1.82, 2.24) is 5.32 Å². The number of benzene rings is 1. The maximum Gasteiger partial charge on any atom is 0.122 e. The van der Waals surface area contributed by atoms with E-state index in [2.05, 4.69) is 5.32 Å². The molecule has 0 spiro atoms. The van der Waals surface area contributed by atoms with Crippen molar-refractivity contribution in [2.75, 3.05) is 25.0 Å². The largest absolute Gasteiger partial charge is 0.508 e. The van der Waals surface area contributed by atoms with Gasteiger partial charge in [-0.05, 0) is 20.0 Å². The predicted molar refractivity (Wildman–Crippen MR) is 69.8 cm³/mol. The lowest BCUT2D eigenvalue weighted by atomic mass is 10.1. The zero-order valence-corrected chi connectivity index (χ0v) is 10.7. The van der Waals surface area contributed by atoms with Gasteiger partial charge < -0.3 is 25.5 Å². The van der Waals surface area contributed by atoms with E-state index in [9.17, 15) is 15.3 Å². The first-order chi connectivity index (χ1) is 8.52. The van der Waals surface area contributed by atoms with Gasteiger partial charge in [0.25, 0.3) is 0 Å². The van der Waals surface area contributed by atoms with Gasteiger partial charge in [-0.1, -0.05) is 6.07 Å². The maximum absolute atomic E-state index is 9.99. The summed E-state index contributed by atoms with van der Waals surface area (Å²) < 4.78 is 0. The molecule has 4 N–H and O–H groups in total. The summed E-state index contributed by atoms with van der Waals surface area (Å²) in [6.45, 7) is 2.75. The van der Waals surface area contributed by atoms with Crippen molar-refractivity contribution < 1.29 is 15.3 Å². The second kappa shape index (κ2) is 5.14. The number of rotatable bonds is 3. The van der Waals surface area contributed by atoms with Crippen molar-refractivity contribution in [2.45, 2.75) is 25.2 Å². The van der Waals surface area contributed by atoms with Crippen LogP contribution in [0.3, 0.4) is 0 Å². The van der Waals surface area contributed by atoms with E-state index in [1.165, 1.54) is 0 Å². The van der Waals surface area contributed by atoms with Crippen LogP contribution in [-0.4, -0.2) is 47.7 Å². The summed E-state index contributed by atoms with van der Waals surface area (Å²) in [5.74, 6) is 0.227. The highest BCUT2D eigenvalue weighted by molar-refractivity contribution is 5.55. The smallest absolute Gasteiger partial charge is 0.122 e. The monoisotopic (exact) mass is 252 g/mol. The summed E-state index contributed by atoms with van der Waals surface area (Å²) in [7, 11) is 1.84. The summed E-state index contributed by atoms with van der Waals surface area (Å²) in [6, 6.07) is 5.51. The molecule has 0 amide bonds. The molecule has 18 heavy (non-hydrogen) atoms. The van der Waals surface area contributed by atoms with Crippen molar-refractivity contribution in [3.05, 3.63) is 23.8 Å². The minimum absolute atomic E-state index is 0.0776. The summed E-state index contributed by atoms with van der Waals surface area (Å²) in [5, 5.41) is 32.1. The van der Waals surface area contributed by atoms with Crippen molar-refractivity contribution in [1.29, 1.82) is 0 Å². The second-order valence-electron chi connectivity index (χ2n) is 4.79. The molecule has 5 nitrogen and oxygen atoms in total. The fourth-order valence-electron chi connectivity index (χ4n) is 2.23. The van der Waals surface area contributed by atoms with Crippen LogP contribution in [0.25, 0.3) is 0 Å². The molecular formula is C13H20N2O3. The number of phenolic OH excluding ortho intramolecular Hbond substituents is 1. The SMILES string of the molecule is CNC(C)c1ccc(N2CC(O)C(O)C2)cc1O. The number of aliphatic hydroxyl groups excluding tert-OH is 2. The Morgan fingerprint density at radius 3 is 2.39 bits per heavy atom. The molecule has 1 aliphatic heterocycles.